The van der Waals surface area contributed by atoms with Gasteiger partial charge in [-0.05, 0) is 24.7 Å². The molecule has 1 fully saturated rings. The first-order valence-corrected chi connectivity index (χ1v) is 6.14. The molecule has 0 aromatic carbocycles. The van der Waals surface area contributed by atoms with Gasteiger partial charge in [0.15, 0.2) is 0 Å². The fourth-order valence-electron chi connectivity index (χ4n) is 2.06. The van der Waals surface area contributed by atoms with E-state index in [-0.39, 0.29) is 29.3 Å². The van der Waals surface area contributed by atoms with Crippen LogP contribution in [-0.4, -0.2) is 40.2 Å². The average molecular weight is 267 g/mol. The summed E-state index contributed by atoms with van der Waals surface area (Å²) >= 11 is 0. The highest BCUT2D eigenvalue weighted by atomic mass is 16.6. The lowest BCUT2D eigenvalue weighted by atomic mass is 10.0. The topological polar surface area (TPSA) is 113 Å². The van der Waals surface area contributed by atoms with Gasteiger partial charge in [-0.2, -0.15) is 0 Å². The van der Waals surface area contributed by atoms with E-state index in [2.05, 4.69) is 20.6 Å². The third-order valence-electron chi connectivity index (χ3n) is 3.47. The zero-order chi connectivity index (χ0) is 13.9. The summed E-state index contributed by atoms with van der Waals surface area (Å²) < 4.78 is 0. The van der Waals surface area contributed by atoms with Crippen molar-refractivity contribution in [1.29, 1.82) is 0 Å². The Morgan fingerprint density at radius 3 is 2.68 bits per heavy atom. The maximum atomic E-state index is 11.1. The van der Waals surface area contributed by atoms with Gasteiger partial charge in [-0.1, -0.05) is 0 Å². The van der Waals surface area contributed by atoms with E-state index in [1.807, 2.05) is 0 Å². The van der Waals surface area contributed by atoms with Gasteiger partial charge in [0.05, 0.1) is 4.92 Å². The molecule has 2 rings (SSSR count). The van der Waals surface area contributed by atoms with Crippen molar-refractivity contribution in [2.24, 2.45) is 5.41 Å². The van der Waals surface area contributed by atoms with Crippen LogP contribution in [0.15, 0.2) is 6.33 Å². The number of anilines is 2. The van der Waals surface area contributed by atoms with E-state index in [0.717, 1.165) is 12.8 Å². The van der Waals surface area contributed by atoms with E-state index in [4.69, 9.17) is 5.11 Å². The molecule has 8 nitrogen and oxygen atoms in total. The number of nitro groups is 1. The molecule has 0 spiro atoms. The molecule has 8 heteroatoms. The zero-order valence-electron chi connectivity index (χ0n) is 10.7. The normalized spacial score (nSPS) is 15.9. The first kappa shape index (κ1) is 13.5. The second kappa shape index (κ2) is 5.35. The van der Waals surface area contributed by atoms with Crippen molar-refractivity contribution in [2.45, 2.75) is 19.3 Å². The number of rotatable bonds is 7. The third kappa shape index (κ3) is 2.90. The summed E-state index contributed by atoms with van der Waals surface area (Å²) in [4.78, 5) is 18.3. The van der Waals surface area contributed by atoms with Crippen molar-refractivity contribution in [3.05, 3.63) is 16.4 Å². The highest BCUT2D eigenvalue weighted by Gasteiger charge is 2.42. The van der Waals surface area contributed by atoms with Gasteiger partial charge in [0.1, 0.15) is 6.33 Å². The standard InChI is InChI=1S/C11H17N5O3/c1-12-9-8(16(18)19)10(15-7-14-9)13-6-11(2-3-11)4-5-17/h7,17H,2-6H2,1H3,(H2,12,13,14,15). The second-order valence-corrected chi connectivity index (χ2v) is 4.75. The van der Waals surface area contributed by atoms with Crippen LogP contribution in [0.5, 0.6) is 0 Å². The Hall–Kier alpha value is -1.96. The lowest BCUT2D eigenvalue weighted by molar-refractivity contribution is -0.383. The maximum absolute atomic E-state index is 11.1. The van der Waals surface area contributed by atoms with Crippen LogP contribution in [0.2, 0.25) is 0 Å². The molecule has 0 amide bonds. The monoisotopic (exact) mass is 267 g/mol. The minimum Gasteiger partial charge on any atom is -0.396 e. The summed E-state index contributed by atoms with van der Waals surface area (Å²) in [7, 11) is 1.58. The molecule has 1 saturated carbocycles. The van der Waals surface area contributed by atoms with Crippen LogP contribution >= 0.6 is 0 Å². The van der Waals surface area contributed by atoms with Crippen molar-refractivity contribution in [3.8, 4) is 0 Å². The number of nitrogens with zero attached hydrogens (tertiary/aromatic N) is 3. The molecule has 3 N–H and O–H groups in total. The van der Waals surface area contributed by atoms with E-state index in [9.17, 15) is 10.1 Å². The Labute approximate surface area is 110 Å². The largest absolute Gasteiger partial charge is 0.396 e. The fraction of sp³-hybridized carbons (Fsp3) is 0.636. The summed E-state index contributed by atoms with van der Waals surface area (Å²) in [6.45, 7) is 0.712. The molecular formula is C11H17N5O3. The lowest BCUT2D eigenvalue weighted by Gasteiger charge is -2.15. The Morgan fingerprint density at radius 2 is 2.16 bits per heavy atom. The molecule has 0 saturated heterocycles. The molecule has 1 aliphatic carbocycles. The van der Waals surface area contributed by atoms with Crippen LogP contribution in [0, 0.1) is 15.5 Å². The van der Waals surface area contributed by atoms with E-state index in [0.29, 0.717) is 13.0 Å². The molecule has 1 heterocycles. The highest BCUT2D eigenvalue weighted by molar-refractivity contribution is 5.69. The minimum absolute atomic E-state index is 0.0629. The molecule has 1 aromatic heterocycles. The number of nitrogens with one attached hydrogen (secondary N) is 2. The van der Waals surface area contributed by atoms with Gasteiger partial charge in [-0.15, -0.1) is 0 Å². The molecule has 0 radical (unpaired) electrons. The molecule has 1 aliphatic rings. The van der Waals surface area contributed by atoms with Crippen LogP contribution in [0.25, 0.3) is 0 Å². The van der Waals surface area contributed by atoms with Gasteiger partial charge in [-0.3, -0.25) is 10.1 Å². The Morgan fingerprint density at radius 1 is 1.47 bits per heavy atom. The van der Waals surface area contributed by atoms with E-state index in [1.165, 1.54) is 6.33 Å². The van der Waals surface area contributed by atoms with Crippen LogP contribution in [0.4, 0.5) is 17.3 Å². The number of aromatic nitrogens is 2. The van der Waals surface area contributed by atoms with Gasteiger partial charge < -0.3 is 15.7 Å². The quantitative estimate of drug-likeness (QED) is 0.499. The Balaban J connectivity index is 2.14. The molecule has 0 bridgehead atoms. The predicted molar refractivity (Wildman–Crippen MR) is 70.1 cm³/mol. The number of aliphatic hydroxyl groups is 1. The van der Waals surface area contributed by atoms with Crippen LogP contribution in [-0.2, 0) is 0 Å². The van der Waals surface area contributed by atoms with Gasteiger partial charge in [0.2, 0.25) is 11.6 Å². The van der Waals surface area contributed by atoms with Gasteiger partial charge in [-0.25, -0.2) is 9.97 Å². The Bertz CT molecular complexity index is 475. The summed E-state index contributed by atoms with van der Waals surface area (Å²) in [5.41, 5.74) is -0.0855. The highest BCUT2D eigenvalue weighted by Crippen LogP contribution is 2.48. The smallest absolute Gasteiger partial charge is 0.353 e. The first-order chi connectivity index (χ1) is 9.12. The molecule has 0 unspecified atom stereocenters. The summed E-state index contributed by atoms with van der Waals surface area (Å²) in [6, 6.07) is 0. The number of aliphatic hydroxyl groups excluding tert-OH is 1. The third-order valence-corrected chi connectivity index (χ3v) is 3.47. The van der Waals surface area contributed by atoms with Crippen molar-refractivity contribution >= 4 is 17.3 Å². The second-order valence-electron chi connectivity index (χ2n) is 4.75. The van der Waals surface area contributed by atoms with Crippen LogP contribution in [0.3, 0.4) is 0 Å². The molecule has 19 heavy (non-hydrogen) atoms. The SMILES string of the molecule is CNc1ncnc(NCC2(CCO)CC2)c1[N+](=O)[O-]. The Kier molecular flexibility index (Phi) is 3.79. The van der Waals surface area contributed by atoms with Gasteiger partial charge >= 0.3 is 5.69 Å². The maximum Gasteiger partial charge on any atom is 0.353 e. The molecule has 0 aliphatic heterocycles. The minimum atomic E-state index is -0.500. The van der Waals surface area contributed by atoms with E-state index >= 15 is 0 Å². The fourth-order valence-corrected chi connectivity index (χ4v) is 2.06. The van der Waals surface area contributed by atoms with E-state index in [1.54, 1.807) is 7.05 Å². The van der Waals surface area contributed by atoms with E-state index < -0.39 is 4.92 Å². The molecular weight excluding hydrogens is 250 g/mol. The van der Waals surface area contributed by atoms with Crippen molar-refractivity contribution < 1.29 is 10.0 Å². The molecule has 1 aromatic rings. The van der Waals surface area contributed by atoms with Crippen molar-refractivity contribution in [1.82, 2.24) is 9.97 Å². The molecule has 104 valence electrons. The zero-order valence-corrected chi connectivity index (χ0v) is 10.7. The lowest BCUT2D eigenvalue weighted by Crippen LogP contribution is -2.18. The van der Waals surface area contributed by atoms with Crippen molar-refractivity contribution in [2.75, 3.05) is 30.8 Å². The summed E-state index contributed by atoms with van der Waals surface area (Å²) in [5.74, 6) is 0.406. The van der Waals surface area contributed by atoms with Gasteiger partial charge in [0.25, 0.3) is 0 Å². The average Bonchev–Trinajstić information content (AvgIpc) is 3.16. The van der Waals surface area contributed by atoms with Crippen molar-refractivity contribution in [3.63, 3.8) is 0 Å². The number of hydrogen-bond acceptors (Lipinski definition) is 7. The molecule has 0 atom stereocenters. The number of hydrogen-bond donors (Lipinski definition) is 3. The predicted octanol–water partition coefficient (Wildman–Crippen LogP) is 1.00. The summed E-state index contributed by atoms with van der Waals surface area (Å²) in [6.07, 6.45) is 4.04. The first-order valence-electron chi connectivity index (χ1n) is 6.14. The van der Waals surface area contributed by atoms with Gasteiger partial charge in [0, 0.05) is 20.2 Å². The summed E-state index contributed by atoms with van der Waals surface area (Å²) in [5, 5.41) is 25.8. The van der Waals surface area contributed by atoms with Crippen LogP contribution < -0.4 is 10.6 Å². The van der Waals surface area contributed by atoms with Crippen LogP contribution in [0.1, 0.15) is 19.3 Å².